The Hall–Kier alpha value is -3.71. The summed E-state index contributed by atoms with van der Waals surface area (Å²) in [4.78, 5) is 30.1. The van der Waals surface area contributed by atoms with Gasteiger partial charge in [-0.15, -0.1) is 0 Å². The minimum Gasteiger partial charge on any atom is -0.493 e. The van der Waals surface area contributed by atoms with Crippen LogP contribution >= 0.6 is 11.6 Å². The van der Waals surface area contributed by atoms with E-state index in [1.807, 2.05) is 54.3 Å². The normalized spacial score (nSPS) is 13.5. The molecular formula is C27H28ClN3O4. The molecule has 3 aromatic rings. The number of carbonyl (C=O) groups is 2. The van der Waals surface area contributed by atoms with Crippen LogP contribution in [0.15, 0.2) is 60.7 Å². The Labute approximate surface area is 210 Å². The van der Waals surface area contributed by atoms with Crippen molar-refractivity contribution in [1.29, 1.82) is 0 Å². The molecule has 1 fully saturated rings. The summed E-state index contributed by atoms with van der Waals surface area (Å²) in [5, 5.41) is 3.64. The smallest absolute Gasteiger partial charge is 0.324 e. The molecule has 3 aromatic carbocycles. The zero-order chi connectivity index (χ0) is 24.9. The number of urea groups is 1. The largest absolute Gasteiger partial charge is 0.493 e. The number of rotatable bonds is 7. The molecule has 0 aromatic heterocycles. The Morgan fingerprint density at radius 2 is 1.71 bits per heavy atom. The first kappa shape index (κ1) is 24.4. The molecule has 0 unspecified atom stereocenters. The lowest BCUT2D eigenvalue weighted by Gasteiger charge is -2.36. The molecule has 35 heavy (non-hydrogen) atoms. The van der Waals surface area contributed by atoms with Gasteiger partial charge in [-0.05, 0) is 66.9 Å². The SMILES string of the molecule is COc1ccc(C(=O)Nc2cc(C)ccc2N2CCCN(Cc3ccc(Cl)cc3)C2=O)cc1OC. The van der Waals surface area contributed by atoms with Crippen LogP contribution in [0.4, 0.5) is 16.2 Å². The second-order valence-electron chi connectivity index (χ2n) is 8.38. The molecule has 4 rings (SSSR count). The number of ether oxygens (including phenoxy) is 2. The van der Waals surface area contributed by atoms with Crippen molar-refractivity contribution in [3.05, 3.63) is 82.4 Å². The van der Waals surface area contributed by atoms with E-state index >= 15 is 0 Å². The zero-order valence-corrected chi connectivity index (χ0v) is 20.8. The van der Waals surface area contributed by atoms with E-state index in [1.54, 1.807) is 30.2 Å². The Morgan fingerprint density at radius 3 is 2.43 bits per heavy atom. The van der Waals surface area contributed by atoms with Crippen LogP contribution in [0, 0.1) is 6.92 Å². The minimum absolute atomic E-state index is 0.100. The molecule has 0 spiro atoms. The molecule has 0 saturated carbocycles. The number of aryl methyl sites for hydroxylation is 1. The van der Waals surface area contributed by atoms with E-state index < -0.39 is 0 Å². The molecule has 0 aliphatic carbocycles. The van der Waals surface area contributed by atoms with Crippen LogP contribution in [-0.2, 0) is 6.54 Å². The molecule has 1 aliphatic heterocycles. The molecule has 1 saturated heterocycles. The standard InChI is InChI=1S/C27H28ClN3O4/c1-18-5-11-23(22(15-18)29-26(32)20-8-12-24(34-2)25(16-20)35-3)31-14-4-13-30(27(31)33)17-19-6-9-21(28)10-7-19/h5-12,15-16H,4,13-14,17H2,1-3H3,(H,29,32). The van der Waals surface area contributed by atoms with Crippen molar-refractivity contribution in [1.82, 2.24) is 4.90 Å². The van der Waals surface area contributed by atoms with Crippen LogP contribution in [0.1, 0.15) is 27.9 Å². The molecule has 0 bridgehead atoms. The number of anilines is 2. The van der Waals surface area contributed by atoms with Gasteiger partial charge in [-0.1, -0.05) is 29.8 Å². The van der Waals surface area contributed by atoms with Crippen molar-refractivity contribution >= 4 is 34.9 Å². The van der Waals surface area contributed by atoms with E-state index in [4.69, 9.17) is 21.1 Å². The monoisotopic (exact) mass is 493 g/mol. The van der Waals surface area contributed by atoms with Gasteiger partial charge in [-0.2, -0.15) is 0 Å². The number of hydrogen-bond donors (Lipinski definition) is 1. The van der Waals surface area contributed by atoms with Crippen LogP contribution in [0.25, 0.3) is 0 Å². The van der Waals surface area contributed by atoms with E-state index in [-0.39, 0.29) is 11.9 Å². The first-order valence-corrected chi connectivity index (χ1v) is 11.7. The Bertz CT molecular complexity index is 1230. The van der Waals surface area contributed by atoms with Gasteiger partial charge in [0, 0.05) is 30.2 Å². The molecule has 0 radical (unpaired) electrons. The summed E-state index contributed by atoms with van der Waals surface area (Å²) in [6, 6.07) is 18.1. The van der Waals surface area contributed by atoms with Crippen LogP contribution in [0.5, 0.6) is 11.5 Å². The average molecular weight is 494 g/mol. The summed E-state index contributed by atoms with van der Waals surface area (Å²) >= 11 is 6.00. The predicted octanol–water partition coefficient (Wildman–Crippen LogP) is 5.75. The third-order valence-corrected chi connectivity index (χ3v) is 6.19. The Kier molecular flexibility index (Phi) is 7.46. The molecule has 7 nitrogen and oxygen atoms in total. The van der Waals surface area contributed by atoms with Crippen molar-refractivity contribution in [3.63, 3.8) is 0 Å². The van der Waals surface area contributed by atoms with Gasteiger partial charge < -0.3 is 19.7 Å². The average Bonchev–Trinajstić information content (AvgIpc) is 2.86. The van der Waals surface area contributed by atoms with Gasteiger partial charge in [-0.25, -0.2) is 4.79 Å². The first-order chi connectivity index (χ1) is 16.9. The molecule has 8 heteroatoms. The summed E-state index contributed by atoms with van der Waals surface area (Å²) in [6.07, 6.45) is 0.816. The van der Waals surface area contributed by atoms with Crippen molar-refractivity contribution in [2.24, 2.45) is 0 Å². The fourth-order valence-electron chi connectivity index (χ4n) is 4.12. The van der Waals surface area contributed by atoms with Gasteiger partial charge in [0.15, 0.2) is 11.5 Å². The Balaban J connectivity index is 1.57. The highest BCUT2D eigenvalue weighted by atomic mass is 35.5. The maximum Gasteiger partial charge on any atom is 0.324 e. The third-order valence-electron chi connectivity index (χ3n) is 5.93. The molecule has 1 aliphatic rings. The van der Waals surface area contributed by atoms with Crippen molar-refractivity contribution in [2.75, 3.05) is 37.5 Å². The van der Waals surface area contributed by atoms with E-state index in [1.165, 1.54) is 7.11 Å². The summed E-state index contributed by atoms with van der Waals surface area (Å²) in [6.45, 7) is 3.67. The second-order valence-corrected chi connectivity index (χ2v) is 8.82. The van der Waals surface area contributed by atoms with Gasteiger partial charge in [-0.3, -0.25) is 9.69 Å². The minimum atomic E-state index is -0.305. The maximum atomic E-state index is 13.4. The number of nitrogens with zero attached hydrogens (tertiary/aromatic N) is 2. The highest BCUT2D eigenvalue weighted by molar-refractivity contribution is 6.30. The van der Waals surface area contributed by atoms with Gasteiger partial charge in [0.05, 0.1) is 25.6 Å². The lowest BCUT2D eigenvalue weighted by Crippen LogP contribution is -2.49. The number of nitrogens with one attached hydrogen (secondary N) is 1. The number of amides is 3. The van der Waals surface area contributed by atoms with Crippen molar-refractivity contribution in [3.8, 4) is 11.5 Å². The quantitative estimate of drug-likeness (QED) is 0.455. The van der Waals surface area contributed by atoms with E-state index in [9.17, 15) is 9.59 Å². The number of carbonyl (C=O) groups excluding carboxylic acids is 2. The molecule has 1 heterocycles. The summed E-state index contributed by atoms with van der Waals surface area (Å²) in [7, 11) is 3.07. The fraction of sp³-hybridized carbons (Fsp3) is 0.259. The van der Waals surface area contributed by atoms with Gasteiger partial charge in [0.1, 0.15) is 0 Å². The number of halogens is 1. The van der Waals surface area contributed by atoms with E-state index in [2.05, 4.69) is 5.32 Å². The van der Waals surface area contributed by atoms with E-state index in [0.29, 0.717) is 53.1 Å². The van der Waals surface area contributed by atoms with Crippen LogP contribution in [-0.4, -0.2) is 44.1 Å². The van der Waals surface area contributed by atoms with Crippen LogP contribution in [0.2, 0.25) is 5.02 Å². The zero-order valence-electron chi connectivity index (χ0n) is 20.0. The molecule has 0 atom stereocenters. The van der Waals surface area contributed by atoms with Gasteiger partial charge >= 0.3 is 6.03 Å². The van der Waals surface area contributed by atoms with Crippen molar-refractivity contribution < 1.29 is 19.1 Å². The summed E-state index contributed by atoms with van der Waals surface area (Å²) in [5.74, 6) is 0.703. The van der Waals surface area contributed by atoms with Crippen LogP contribution in [0.3, 0.4) is 0 Å². The highest BCUT2D eigenvalue weighted by Crippen LogP contribution is 2.32. The Morgan fingerprint density at radius 1 is 0.971 bits per heavy atom. The number of benzene rings is 3. The van der Waals surface area contributed by atoms with Crippen LogP contribution < -0.4 is 19.7 Å². The second kappa shape index (κ2) is 10.7. The predicted molar refractivity (Wildman–Crippen MR) is 138 cm³/mol. The van der Waals surface area contributed by atoms with Crippen molar-refractivity contribution in [2.45, 2.75) is 19.9 Å². The number of hydrogen-bond acceptors (Lipinski definition) is 4. The topological polar surface area (TPSA) is 71.1 Å². The first-order valence-electron chi connectivity index (χ1n) is 11.3. The lowest BCUT2D eigenvalue weighted by molar-refractivity contribution is 0.102. The molecular weight excluding hydrogens is 466 g/mol. The maximum absolute atomic E-state index is 13.4. The molecule has 1 N–H and O–H groups in total. The van der Waals surface area contributed by atoms with Gasteiger partial charge in [0.2, 0.25) is 0 Å². The molecule has 3 amide bonds. The lowest BCUT2D eigenvalue weighted by atomic mass is 10.1. The molecule has 182 valence electrons. The van der Waals surface area contributed by atoms with Gasteiger partial charge in [0.25, 0.3) is 5.91 Å². The summed E-state index contributed by atoms with van der Waals surface area (Å²) < 4.78 is 10.6. The summed E-state index contributed by atoms with van der Waals surface area (Å²) in [5.41, 5.74) is 3.64. The fourth-order valence-corrected chi connectivity index (χ4v) is 4.25. The number of methoxy groups -OCH3 is 2. The third kappa shape index (κ3) is 5.52. The van der Waals surface area contributed by atoms with E-state index in [0.717, 1.165) is 17.5 Å². The highest BCUT2D eigenvalue weighted by Gasteiger charge is 2.29.